The highest BCUT2D eigenvalue weighted by molar-refractivity contribution is 7.98. The van der Waals surface area contributed by atoms with Gasteiger partial charge in [-0.25, -0.2) is 9.97 Å². The van der Waals surface area contributed by atoms with Gasteiger partial charge in [0.1, 0.15) is 0 Å². The van der Waals surface area contributed by atoms with E-state index in [4.69, 9.17) is 23.2 Å². The molecule has 0 N–H and O–H groups in total. The molecular formula is C11H8Cl2N2S. The highest BCUT2D eigenvalue weighted by Gasteiger charge is 2.03. The van der Waals surface area contributed by atoms with Gasteiger partial charge in [-0.2, -0.15) is 0 Å². The van der Waals surface area contributed by atoms with Crippen LogP contribution in [0.4, 0.5) is 0 Å². The van der Waals surface area contributed by atoms with Gasteiger partial charge in [0.05, 0.1) is 0 Å². The molecule has 0 amide bonds. The largest absolute Gasteiger partial charge is 0.231 e. The van der Waals surface area contributed by atoms with Gasteiger partial charge in [-0.05, 0) is 23.8 Å². The lowest BCUT2D eigenvalue weighted by atomic mass is 10.2. The van der Waals surface area contributed by atoms with Crippen molar-refractivity contribution in [1.82, 2.24) is 9.97 Å². The van der Waals surface area contributed by atoms with Crippen molar-refractivity contribution in [3.8, 4) is 0 Å². The van der Waals surface area contributed by atoms with Gasteiger partial charge in [0.25, 0.3) is 0 Å². The lowest BCUT2D eigenvalue weighted by Gasteiger charge is -2.03. The highest BCUT2D eigenvalue weighted by Crippen LogP contribution is 2.26. The third-order valence-corrected chi connectivity index (χ3v) is 3.43. The predicted octanol–water partition coefficient (Wildman–Crippen LogP) is 4.08. The Morgan fingerprint density at radius 2 is 1.88 bits per heavy atom. The average molecular weight is 271 g/mol. The molecule has 2 nitrogen and oxygen atoms in total. The molecule has 1 aromatic carbocycles. The van der Waals surface area contributed by atoms with Crippen LogP contribution in [0.15, 0.2) is 41.8 Å². The van der Waals surface area contributed by atoms with Crippen LogP contribution in [0.2, 0.25) is 10.0 Å². The molecule has 5 heteroatoms. The third kappa shape index (κ3) is 3.11. The minimum atomic E-state index is 0.648. The Balaban J connectivity index is 2.05. The first-order chi connectivity index (χ1) is 7.75. The number of thioether (sulfide) groups is 1. The second-order valence-electron chi connectivity index (χ2n) is 3.06. The molecular weight excluding hydrogens is 263 g/mol. The second kappa shape index (κ2) is 5.53. The zero-order valence-electron chi connectivity index (χ0n) is 8.23. The van der Waals surface area contributed by atoms with Crippen LogP contribution in [-0.4, -0.2) is 9.97 Å². The molecule has 0 aliphatic rings. The quantitative estimate of drug-likeness (QED) is 0.621. The fourth-order valence-electron chi connectivity index (χ4n) is 1.14. The van der Waals surface area contributed by atoms with Crippen molar-refractivity contribution in [2.45, 2.75) is 10.9 Å². The first-order valence-electron chi connectivity index (χ1n) is 4.59. The maximum absolute atomic E-state index is 6.06. The van der Waals surface area contributed by atoms with Gasteiger partial charge in [0.15, 0.2) is 5.16 Å². The van der Waals surface area contributed by atoms with E-state index in [1.807, 2.05) is 12.1 Å². The summed E-state index contributed by atoms with van der Waals surface area (Å²) in [5, 5.41) is 2.07. The van der Waals surface area contributed by atoms with Crippen LogP contribution in [0, 0.1) is 0 Å². The van der Waals surface area contributed by atoms with Gasteiger partial charge in [0.2, 0.25) is 0 Å². The van der Waals surface area contributed by atoms with Crippen molar-refractivity contribution in [2.24, 2.45) is 0 Å². The van der Waals surface area contributed by atoms with Crippen molar-refractivity contribution in [1.29, 1.82) is 0 Å². The van der Waals surface area contributed by atoms with Gasteiger partial charge >= 0.3 is 0 Å². The molecule has 0 atom stereocenters. The summed E-state index contributed by atoms with van der Waals surface area (Å²) in [5.41, 5.74) is 1.03. The Bertz CT molecular complexity index is 477. The highest BCUT2D eigenvalue weighted by atomic mass is 35.5. The molecule has 0 bridgehead atoms. The molecule has 0 aliphatic heterocycles. The Labute approximate surface area is 108 Å². The molecule has 82 valence electrons. The Kier molecular flexibility index (Phi) is 4.04. The minimum absolute atomic E-state index is 0.648. The molecule has 2 aromatic rings. The maximum Gasteiger partial charge on any atom is 0.187 e. The van der Waals surface area contributed by atoms with Gasteiger partial charge in [-0.15, -0.1) is 0 Å². The van der Waals surface area contributed by atoms with Gasteiger partial charge in [0, 0.05) is 28.2 Å². The zero-order valence-corrected chi connectivity index (χ0v) is 10.6. The molecule has 0 aliphatic carbocycles. The minimum Gasteiger partial charge on any atom is -0.231 e. The summed E-state index contributed by atoms with van der Waals surface area (Å²) in [4.78, 5) is 8.25. The molecule has 0 radical (unpaired) electrons. The van der Waals surface area contributed by atoms with Crippen molar-refractivity contribution >= 4 is 35.0 Å². The molecule has 16 heavy (non-hydrogen) atoms. The monoisotopic (exact) mass is 270 g/mol. The van der Waals surface area contributed by atoms with Crippen molar-refractivity contribution < 1.29 is 0 Å². The molecule has 0 fully saturated rings. The number of hydrogen-bond acceptors (Lipinski definition) is 3. The molecule has 0 saturated carbocycles. The summed E-state index contributed by atoms with van der Waals surface area (Å²) in [5.74, 6) is 0.736. The summed E-state index contributed by atoms with van der Waals surface area (Å²) in [6, 6.07) is 7.28. The van der Waals surface area contributed by atoms with Crippen LogP contribution in [0.3, 0.4) is 0 Å². The van der Waals surface area contributed by atoms with Crippen LogP contribution in [0.5, 0.6) is 0 Å². The summed E-state index contributed by atoms with van der Waals surface area (Å²) in [6.45, 7) is 0. The predicted molar refractivity (Wildman–Crippen MR) is 68.1 cm³/mol. The summed E-state index contributed by atoms with van der Waals surface area (Å²) >= 11 is 13.4. The second-order valence-corrected chi connectivity index (χ2v) is 4.84. The Hall–Kier alpha value is -0.770. The van der Waals surface area contributed by atoms with E-state index in [0.29, 0.717) is 10.0 Å². The molecule has 0 spiro atoms. The first kappa shape index (κ1) is 11.7. The SMILES string of the molecule is Clc1ccc(CSc2ncccn2)c(Cl)c1. The van der Waals surface area contributed by atoms with Crippen LogP contribution in [0.25, 0.3) is 0 Å². The molecule has 2 rings (SSSR count). The van der Waals surface area contributed by atoms with E-state index in [1.54, 1.807) is 36.3 Å². The van der Waals surface area contributed by atoms with Crippen molar-refractivity contribution in [3.63, 3.8) is 0 Å². The maximum atomic E-state index is 6.06. The van der Waals surface area contributed by atoms with E-state index >= 15 is 0 Å². The Morgan fingerprint density at radius 1 is 1.12 bits per heavy atom. The number of rotatable bonds is 3. The van der Waals surface area contributed by atoms with Gasteiger partial charge in [-0.1, -0.05) is 41.0 Å². The molecule has 1 aromatic heterocycles. The van der Waals surface area contributed by atoms with Crippen LogP contribution >= 0.6 is 35.0 Å². The fourth-order valence-corrected chi connectivity index (χ4v) is 2.50. The van der Waals surface area contributed by atoms with Crippen LogP contribution in [-0.2, 0) is 5.75 Å². The average Bonchev–Trinajstić information content (AvgIpc) is 2.29. The van der Waals surface area contributed by atoms with E-state index in [2.05, 4.69) is 9.97 Å². The molecule has 0 saturated heterocycles. The van der Waals surface area contributed by atoms with E-state index in [1.165, 1.54) is 0 Å². The number of halogens is 2. The van der Waals surface area contributed by atoms with Gasteiger partial charge < -0.3 is 0 Å². The standard InChI is InChI=1S/C11H8Cl2N2S/c12-9-3-2-8(10(13)6-9)7-16-11-14-4-1-5-15-11/h1-6H,7H2. The summed E-state index contributed by atoms with van der Waals surface area (Å²) in [6.07, 6.45) is 3.44. The lowest BCUT2D eigenvalue weighted by molar-refractivity contribution is 0.966. The van der Waals surface area contributed by atoms with Crippen LogP contribution < -0.4 is 0 Å². The fraction of sp³-hybridized carbons (Fsp3) is 0.0909. The first-order valence-corrected chi connectivity index (χ1v) is 6.33. The summed E-state index contributed by atoms with van der Waals surface area (Å²) in [7, 11) is 0. The molecule has 1 heterocycles. The number of aromatic nitrogens is 2. The third-order valence-electron chi connectivity index (χ3n) is 1.91. The zero-order chi connectivity index (χ0) is 11.4. The summed E-state index contributed by atoms with van der Waals surface area (Å²) < 4.78 is 0. The smallest absolute Gasteiger partial charge is 0.187 e. The lowest BCUT2D eigenvalue weighted by Crippen LogP contribution is -1.86. The number of hydrogen-bond donors (Lipinski definition) is 0. The molecule has 0 unspecified atom stereocenters. The van der Waals surface area contributed by atoms with E-state index in [9.17, 15) is 0 Å². The topological polar surface area (TPSA) is 25.8 Å². The number of nitrogens with zero attached hydrogens (tertiary/aromatic N) is 2. The van der Waals surface area contributed by atoms with E-state index in [0.717, 1.165) is 16.5 Å². The van der Waals surface area contributed by atoms with Crippen molar-refractivity contribution in [2.75, 3.05) is 0 Å². The van der Waals surface area contributed by atoms with Gasteiger partial charge in [-0.3, -0.25) is 0 Å². The van der Waals surface area contributed by atoms with E-state index in [-0.39, 0.29) is 0 Å². The number of benzene rings is 1. The normalized spacial score (nSPS) is 10.4. The Morgan fingerprint density at radius 3 is 2.56 bits per heavy atom. The van der Waals surface area contributed by atoms with Crippen LogP contribution in [0.1, 0.15) is 5.56 Å². The van der Waals surface area contributed by atoms with E-state index < -0.39 is 0 Å². The van der Waals surface area contributed by atoms with Crippen molar-refractivity contribution in [3.05, 3.63) is 52.3 Å².